The minimum Gasteiger partial charge on any atom is -0.493 e. The number of carbonyl (C=O) groups is 4. The Morgan fingerprint density at radius 1 is 1.06 bits per heavy atom. The first-order valence-electron chi connectivity index (χ1n) is 22.5. The van der Waals surface area contributed by atoms with Crippen molar-refractivity contribution in [1.82, 2.24) is 25.8 Å². The van der Waals surface area contributed by atoms with E-state index in [1.165, 1.54) is 16.2 Å². The molecule has 2 heterocycles. The number of hydrogen-bond acceptors (Lipinski definition) is 12. The van der Waals surface area contributed by atoms with E-state index in [-0.39, 0.29) is 51.1 Å². The quantitative estimate of drug-likeness (QED) is 0.0531. The molecule has 17 heteroatoms. The van der Waals surface area contributed by atoms with Crippen LogP contribution >= 0.6 is 11.3 Å². The number of benzene rings is 2. The molecule has 358 valence electrons. The first kappa shape index (κ1) is 51.3. The number of ether oxygens (including phenoxy) is 4. The van der Waals surface area contributed by atoms with Crippen molar-refractivity contribution in [3.63, 3.8) is 0 Å². The molecule has 1 saturated heterocycles. The summed E-state index contributed by atoms with van der Waals surface area (Å²) < 4.78 is 37.6. The Labute approximate surface area is 386 Å². The zero-order valence-corrected chi connectivity index (χ0v) is 40.0. The van der Waals surface area contributed by atoms with E-state index in [9.17, 15) is 28.7 Å². The second kappa shape index (κ2) is 22.7. The molecule has 15 nitrogen and oxygen atoms in total. The number of amides is 4. The Morgan fingerprint density at radius 3 is 2.40 bits per heavy atom. The fourth-order valence-electron chi connectivity index (χ4n) is 7.53. The van der Waals surface area contributed by atoms with E-state index in [0.29, 0.717) is 44.6 Å². The summed E-state index contributed by atoms with van der Waals surface area (Å²) in [5.74, 6) is -0.566. The highest BCUT2D eigenvalue weighted by atomic mass is 32.1. The number of aromatic nitrogens is 1. The number of thiazole rings is 1. The van der Waals surface area contributed by atoms with Gasteiger partial charge in [-0.2, -0.15) is 0 Å². The number of nitrogens with two attached hydrogens (primary N) is 1. The molecule has 2 aliphatic rings. The summed E-state index contributed by atoms with van der Waals surface area (Å²) in [6.07, 6.45) is 1.03. The second-order valence-corrected chi connectivity index (χ2v) is 20.2. The highest BCUT2D eigenvalue weighted by Crippen LogP contribution is 2.39. The normalized spacial score (nSPS) is 18.4. The number of aliphatic hydroxyl groups is 1. The summed E-state index contributed by atoms with van der Waals surface area (Å²) in [5.41, 5.74) is 9.32. The number of nitrogens with zero attached hydrogens (tertiary/aromatic N) is 2. The highest BCUT2D eigenvalue weighted by Gasteiger charge is 2.45. The zero-order chi connectivity index (χ0) is 47.5. The lowest BCUT2D eigenvalue weighted by atomic mass is 9.85. The molecule has 6 N–H and O–H groups in total. The second-order valence-electron chi connectivity index (χ2n) is 19.4. The maximum absolute atomic E-state index is 14.1. The van der Waals surface area contributed by atoms with Gasteiger partial charge in [-0.05, 0) is 94.9 Å². The minimum absolute atomic E-state index is 0.0157. The van der Waals surface area contributed by atoms with Crippen molar-refractivity contribution >= 4 is 35.2 Å². The van der Waals surface area contributed by atoms with E-state index in [1.807, 2.05) is 77.1 Å². The molecule has 0 spiro atoms. The molecule has 1 aliphatic heterocycles. The summed E-state index contributed by atoms with van der Waals surface area (Å²) in [7, 11) is 0. The topological polar surface area (TPSA) is 204 Å². The van der Waals surface area contributed by atoms with Crippen molar-refractivity contribution in [2.75, 3.05) is 26.5 Å². The molecule has 1 aliphatic carbocycles. The smallest absolute Gasteiger partial charge is 0.407 e. The van der Waals surface area contributed by atoms with Crippen LogP contribution in [0.4, 0.5) is 9.18 Å². The van der Waals surface area contributed by atoms with Gasteiger partial charge in [0.25, 0.3) is 0 Å². The zero-order valence-electron chi connectivity index (χ0n) is 39.2. The predicted molar refractivity (Wildman–Crippen MR) is 247 cm³/mol. The van der Waals surface area contributed by atoms with Crippen molar-refractivity contribution in [2.45, 2.75) is 155 Å². The van der Waals surface area contributed by atoms with Gasteiger partial charge in [0.15, 0.2) is 0 Å². The maximum Gasteiger partial charge on any atom is 0.407 e. The standard InChI is InChI=1S/C48H69FN6O9S/c1-30-41(65-29-53-30)34-15-16-35(24-51-43(58)38-23-36(56)25-55(38)44(59)42(46(3,4)5)52-28-61-27-48(49)19-20-48)39(22-34)62-21-9-10-32-11-13-33(14-12-32)26-63-31(2)37(17-18-40(50)57)54-45(60)64-47(6,7)8/h11-16,22,29,31,36-38,42,52,56H,9-10,17-21,23-28H2,1-8H3,(H2,50,57)(H,51,58)(H,54,60)/t31-,36-,37+,38+,42-/m1/s1. The van der Waals surface area contributed by atoms with Crippen LogP contribution in [0.25, 0.3) is 10.4 Å². The number of likely N-dealkylation sites (tertiary alicyclic amines) is 1. The van der Waals surface area contributed by atoms with E-state index in [2.05, 4.69) is 20.9 Å². The van der Waals surface area contributed by atoms with Crippen LogP contribution in [-0.2, 0) is 48.2 Å². The summed E-state index contributed by atoms with van der Waals surface area (Å²) in [5, 5.41) is 19.6. The van der Waals surface area contributed by atoms with Gasteiger partial charge in [0, 0.05) is 31.5 Å². The maximum atomic E-state index is 14.1. The number of nitrogens with one attached hydrogen (secondary N) is 3. The lowest BCUT2D eigenvalue weighted by molar-refractivity contribution is -0.143. The fourth-order valence-corrected chi connectivity index (χ4v) is 8.33. The van der Waals surface area contributed by atoms with Gasteiger partial charge in [-0.25, -0.2) is 14.2 Å². The Balaban J connectivity index is 1.16. The molecule has 0 bridgehead atoms. The first-order chi connectivity index (χ1) is 30.6. The van der Waals surface area contributed by atoms with Crippen molar-refractivity contribution in [1.29, 1.82) is 0 Å². The first-order valence-corrected chi connectivity index (χ1v) is 23.4. The number of alkyl carbamates (subject to hydrolysis) is 1. The van der Waals surface area contributed by atoms with E-state index < -0.39 is 59.0 Å². The van der Waals surface area contributed by atoms with Crippen LogP contribution in [-0.4, -0.2) is 107 Å². The SMILES string of the molecule is Cc1ncsc1-c1ccc(CNC(=O)[C@@H]2C[C@@H](O)CN2C(=O)[C@@H](NCOCC2(F)CC2)C(C)(C)C)c(OCCCc2ccc(CO[C@H](C)[C@H](CCC(N)=O)NC(=O)OC(C)(C)C)cc2)c1. The molecule has 65 heavy (non-hydrogen) atoms. The van der Waals surface area contributed by atoms with Gasteiger partial charge in [0.05, 0.1) is 66.9 Å². The highest BCUT2D eigenvalue weighted by molar-refractivity contribution is 7.13. The fraction of sp³-hybridized carbons (Fsp3) is 0.604. The number of aliphatic hydroxyl groups excluding tert-OH is 1. The summed E-state index contributed by atoms with van der Waals surface area (Å²) in [4.78, 5) is 58.6. The third-order valence-electron chi connectivity index (χ3n) is 11.4. The number of hydrogen-bond donors (Lipinski definition) is 5. The molecule has 2 fully saturated rings. The lowest BCUT2D eigenvalue weighted by Gasteiger charge is -2.35. The van der Waals surface area contributed by atoms with Crippen molar-refractivity contribution in [3.05, 3.63) is 70.4 Å². The number of carbonyl (C=O) groups excluding carboxylic acids is 4. The van der Waals surface area contributed by atoms with Gasteiger partial charge < -0.3 is 45.3 Å². The Kier molecular flexibility index (Phi) is 17.9. The van der Waals surface area contributed by atoms with Gasteiger partial charge in [-0.15, -0.1) is 11.3 Å². The van der Waals surface area contributed by atoms with Crippen LogP contribution < -0.4 is 26.4 Å². The minimum atomic E-state index is -1.28. The molecule has 0 radical (unpaired) electrons. The van der Waals surface area contributed by atoms with E-state index in [1.54, 1.807) is 26.3 Å². The summed E-state index contributed by atoms with van der Waals surface area (Å²) in [6.45, 7) is 15.6. The molecule has 5 atom stereocenters. The van der Waals surface area contributed by atoms with Crippen molar-refractivity contribution in [2.24, 2.45) is 11.1 Å². The van der Waals surface area contributed by atoms with Crippen LogP contribution in [0.3, 0.4) is 0 Å². The summed E-state index contributed by atoms with van der Waals surface area (Å²) in [6, 6.07) is 11.8. The lowest BCUT2D eigenvalue weighted by Crippen LogP contribution is -2.57. The molecule has 5 rings (SSSR count). The van der Waals surface area contributed by atoms with Gasteiger partial charge in [-0.3, -0.25) is 19.7 Å². The van der Waals surface area contributed by atoms with E-state index >= 15 is 0 Å². The molecule has 1 saturated carbocycles. The number of primary amides is 1. The monoisotopic (exact) mass is 924 g/mol. The third kappa shape index (κ3) is 16.0. The molecule has 2 aromatic carbocycles. The van der Waals surface area contributed by atoms with Gasteiger partial charge in [0.2, 0.25) is 17.7 Å². The van der Waals surface area contributed by atoms with Gasteiger partial charge >= 0.3 is 6.09 Å². The average Bonchev–Trinajstić information content (AvgIpc) is 3.59. The number of alkyl halides is 1. The Bertz CT molecular complexity index is 2070. The van der Waals surface area contributed by atoms with Crippen LogP contribution in [0.2, 0.25) is 0 Å². The van der Waals surface area contributed by atoms with Crippen LogP contribution in [0, 0.1) is 12.3 Å². The van der Waals surface area contributed by atoms with Gasteiger partial charge in [-0.1, -0.05) is 57.2 Å². The molecule has 1 aromatic heterocycles. The Morgan fingerprint density at radius 2 is 1.77 bits per heavy atom. The third-order valence-corrected chi connectivity index (χ3v) is 12.4. The number of rotatable bonds is 23. The molecular weight excluding hydrogens is 856 g/mol. The Hall–Kier alpha value is -4.68. The van der Waals surface area contributed by atoms with E-state index in [0.717, 1.165) is 39.2 Å². The molecule has 4 amide bonds. The largest absolute Gasteiger partial charge is 0.493 e. The molecular formula is C48H69FN6O9S. The predicted octanol–water partition coefficient (Wildman–Crippen LogP) is 6.25. The summed E-state index contributed by atoms with van der Waals surface area (Å²) >= 11 is 1.53. The molecule has 0 unspecified atom stereocenters. The average molecular weight is 925 g/mol. The van der Waals surface area contributed by atoms with Crippen molar-refractivity contribution < 1.29 is 47.6 Å². The van der Waals surface area contributed by atoms with Crippen LogP contribution in [0.15, 0.2) is 48.0 Å². The number of β-amino-alcohol motifs (C(OH)–C–C–N with tert-alkyl or cyclic N) is 1. The van der Waals surface area contributed by atoms with Crippen LogP contribution in [0.5, 0.6) is 5.75 Å². The van der Waals surface area contributed by atoms with Crippen LogP contribution in [0.1, 0.15) is 109 Å². The number of halogens is 1. The number of aryl methyl sites for hydroxylation is 2. The van der Waals surface area contributed by atoms with E-state index in [4.69, 9.17) is 24.7 Å². The van der Waals surface area contributed by atoms with Crippen molar-refractivity contribution in [3.8, 4) is 16.2 Å². The van der Waals surface area contributed by atoms with Gasteiger partial charge in [0.1, 0.15) is 23.1 Å². The molecule has 3 aromatic rings.